The van der Waals surface area contributed by atoms with Crippen molar-refractivity contribution in [3.63, 3.8) is 0 Å². The summed E-state index contributed by atoms with van der Waals surface area (Å²) in [5, 5.41) is 4.47. The summed E-state index contributed by atoms with van der Waals surface area (Å²) in [7, 11) is 0. The van der Waals surface area contributed by atoms with Crippen molar-refractivity contribution in [2.45, 2.75) is 26.2 Å². The molecule has 0 amide bonds. The molecule has 370 valence electrons. The number of rotatable bonds is 6. The van der Waals surface area contributed by atoms with Gasteiger partial charge >= 0.3 is 0 Å². The van der Waals surface area contributed by atoms with Crippen LogP contribution >= 0.6 is 0 Å². The Morgan fingerprint density at radius 3 is 1.69 bits per heavy atom. The van der Waals surface area contributed by atoms with Gasteiger partial charge in [-0.15, -0.1) is 24.3 Å². The Labute approximate surface area is 460 Å². The molecule has 1 aliphatic heterocycles. The van der Waals surface area contributed by atoms with Gasteiger partial charge in [-0.3, -0.25) is 4.57 Å². The molecule has 14 aromatic rings. The summed E-state index contributed by atoms with van der Waals surface area (Å²) < 4.78 is 16.3. The minimum atomic E-state index is -0.0821. The van der Waals surface area contributed by atoms with Crippen molar-refractivity contribution in [1.29, 1.82) is 0 Å². The van der Waals surface area contributed by atoms with Crippen LogP contribution in [0.4, 0.5) is 0 Å². The molecule has 15 rings (SSSR count). The van der Waals surface area contributed by atoms with Gasteiger partial charge in [0, 0.05) is 66.1 Å². The number of imidazole rings is 1. The predicted octanol–water partition coefficient (Wildman–Crippen LogP) is 17.0. The number of pyridine rings is 1. The zero-order chi connectivity index (χ0) is 50.6. The van der Waals surface area contributed by atoms with Crippen molar-refractivity contribution >= 4 is 54.6 Å². The van der Waals surface area contributed by atoms with Crippen LogP contribution in [0.25, 0.3) is 122 Å². The zero-order valence-electron chi connectivity index (χ0n) is 42.4. The zero-order valence-corrected chi connectivity index (χ0v) is 44.7. The SMILES string of the molecule is CC(C)(C)c1ccnc(-n2c3[c-]c(Oc4[c-]c(-n5[c-][n+]6c7c(cccc75)-c5ccccc5-c5ccccc5-c5cccc(-c7ccccc7)c5-6)ccc4)c(-n4c5ccccc5c5ccccc54)cc3c3ccccc32)c1.[Pt]. The van der Waals surface area contributed by atoms with Gasteiger partial charge in [0.2, 0.25) is 0 Å². The first-order valence-corrected chi connectivity index (χ1v) is 25.9. The van der Waals surface area contributed by atoms with Crippen LogP contribution in [-0.2, 0) is 26.5 Å². The number of para-hydroxylation sites is 5. The molecule has 0 aliphatic carbocycles. The van der Waals surface area contributed by atoms with Crippen LogP contribution in [0.2, 0.25) is 0 Å². The summed E-state index contributed by atoms with van der Waals surface area (Å²) in [4.78, 5) is 5.01. The fourth-order valence-electron chi connectivity index (χ4n) is 11.8. The van der Waals surface area contributed by atoms with Crippen molar-refractivity contribution < 1.29 is 30.4 Å². The number of hydrogen-bond donors (Lipinski definition) is 0. The maximum atomic E-state index is 7.32. The largest absolute Gasteiger partial charge is 0.508 e. The van der Waals surface area contributed by atoms with Gasteiger partial charge < -0.3 is 18.4 Å². The molecule has 0 atom stereocenters. The fourth-order valence-corrected chi connectivity index (χ4v) is 11.8. The summed E-state index contributed by atoms with van der Waals surface area (Å²) >= 11 is 0. The molecule has 0 spiro atoms. The Balaban J connectivity index is 0.00000540. The van der Waals surface area contributed by atoms with E-state index in [0.717, 1.165) is 111 Å². The number of hydrogen-bond acceptors (Lipinski definition) is 2. The van der Waals surface area contributed by atoms with Gasteiger partial charge in [0.1, 0.15) is 5.82 Å². The number of benzene rings is 10. The van der Waals surface area contributed by atoms with Crippen molar-refractivity contribution in [3.8, 4) is 78.9 Å². The van der Waals surface area contributed by atoms with Crippen molar-refractivity contribution in [3.05, 3.63) is 255 Å². The third kappa shape index (κ3) is 7.34. The Morgan fingerprint density at radius 2 is 1.00 bits per heavy atom. The van der Waals surface area contributed by atoms with Crippen LogP contribution in [0, 0.1) is 18.5 Å². The Morgan fingerprint density at radius 1 is 0.468 bits per heavy atom. The van der Waals surface area contributed by atoms with Gasteiger partial charge in [-0.1, -0.05) is 202 Å². The predicted molar refractivity (Wildman–Crippen MR) is 308 cm³/mol. The summed E-state index contributed by atoms with van der Waals surface area (Å²) in [6.07, 6.45) is 5.86. The van der Waals surface area contributed by atoms with Crippen LogP contribution in [0.15, 0.2) is 231 Å². The second-order valence-electron chi connectivity index (χ2n) is 20.7. The van der Waals surface area contributed by atoms with Crippen molar-refractivity contribution in [1.82, 2.24) is 18.7 Å². The minimum Gasteiger partial charge on any atom is -0.508 e. The van der Waals surface area contributed by atoms with Crippen LogP contribution in [-0.4, -0.2) is 18.7 Å². The van der Waals surface area contributed by atoms with E-state index in [1.165, 1.54) is 16.7 Å². The number of ether oxygens (including phenoxy) is 1. The first-order chi connectivity index (χ1) is 37.4. The van der Waals surface area contributed by atoms with E-state index >= 15 is 0 Å². The van der Waals surface area contributed by atoms with E-state index < -0.39 is 0 Å². The van der Waals surface area contributed by atoms with E-state index in [1.54, 1.807) is 0 Å². The molecular weight excluding hydrogens is 1120 g/mol. The quantitative estimate of drug-likeness (QED) is 0.123. The fraction of sp³-hybridized carbons (Fsp3) is 0.0571. The van der Waals surface area contributed by atoms with Crippen molar-refractivity contribution in [2.24, 2.45) is 0 Å². The molecule has 7 heteroatoms. The number of aromatic nitrogens is 5. The van der Waals surface area contributed by atoms with Gasteiger partial charge in [0.15, 0.2) is 0 Å². The van der Waals surface area contributed by atoms with E-state index in [9.17, 15) is 0 Å². The maximum absolute atomic E-state index is 7.32. The van der Waals surface area contributed by atoms with E-state index in [4.69, 9.17) is 9.72 Å². The molecule has 77 heavy (non-hydrogen) atoms. The number of nitrogens with zero attached hydrogens (tertiary/aromatic N) is 5. The molecule has 5 heterocycles. The first kappa shape index (κ1) is 46.4. The summed E-state index contributed by atoms with van der Waals surface area (Å²) in [5.41, 5.74) is 19.0. The van der Waals surface area contributed by atoms with Crippen LogP contribution in [0.3, 0.4) is 0 Å². The Kier molecular flexibility index (Phi) is 10.9. The first-order valence-electron chi connectivity index (χ1n) is 25.9. The van der Waals surface area contributed by atoms with Gasteiger partial charge in [-0.2, -0.15) is 12.1 Å². The summed E-state index contributed by atoms with van der Waals surface area (Å²) in [6.45, 7) is 6.71. The summed E-state index contributed by atoms with van der Waals surface area (Å²) in [6, 6.07) is 87.7. The van der Waals surface area contributed by atoms with Crippen LogP contribution in [0.1, 0.15) is 26.3 Å². The van der Waals surface area contributed by atoms with Gasteiger partial charge in [0.25, 0.3) is 6.33 Å². The second-order valence-corrected chi connectivity index (χ2v) is 20.7. The smallest absolute Gasteiger partial charge is 0.268 e. The normalized spacial score (nSPS) is 12.0. The molecule has 0 fully saturated rings. The van der Waals surface area contributed by atoms with E-state index in [1.807, 2.05) is 18.3 Å². The summed E-state index contributed by atoms with van der Waals surface area (Å²) in [5.74, 6) is 1.92. The molecule has 0 radical (unpaired) electrons. The monoisotopic (exact) mass is 1170 g/mol. The molecule has 0 unspecified atom stereocenters. The molecule has 0 bridgehead atoms. The molecule has 6 nitrogen and oxygen atoms in total. The maximum Gasteiger partial charge on any atom is 0.268 e. The van der Waals surface area contributed by atoms with E-state index in [0.29, 0.717) is 11.5 Å². The molecular formula is C70H47N5OPt-2. The molecule has 0 saturated heterocycles. The van der Waals surface area contributed by atoms with Gasteiger partial charge in [0.05, 0.1) is 16.7 Å². The van der Waals surface area contributed by atoms with Crippen LogP contribution in [0.5, 0.6) is 11.5 Å². The average Bonchev–Trinajstić information content (AvgIpc) is 4.35. The van der Waals surface area contributed by atoms with Crippen molar-refractivity contribution in [2.75, 3.05) is 0 Å². The average molecular weight is 1170 g/mol. The number of fused-ring (bicyclic) bond motifs is 13. The topological polar surface area (TPSA) is 40.8 Å². The molecule has 10 aromatic carbocycles. The molecule has 4 aromatic heterocycles. The Bertz CT molecular complexity index is 4620. The Hall–Kier alpha value is -9.09. The standard InChI is InChI=1S/C70H47N5O.Pt/c1-70(2,3)46-38-39-71-67(40-46)75-62-36-16-13-30-56(62)59-42-65(74-60-34-14-11-28-54(60)55-29-12-15-35-61(55)74)66(43-64(59)75)76-48-23-17-22-47(41-48)72-44-73-68-49(45-20-5-4-6-21-45)31-18-32-57(68)52-26-9-7-24-50(52)51-25-8-10-27-53(51)58-33-19-37-63(72)69(58)73;/h4-40,42H,1-3H3;/q-2;. The second kappa shape index (κ2) is 18.0. The third-order valence-electron chi connectivity index (χ3n) is 15.3. The third-order valence-corrected chi connectivity index (χ3v) is 15.3. The molecule has 0 saturated carbocycles. The van der Waals surface area contributed by atoms with E-state index in [2.05, 4.69) is 270 Å². The van der Waals surface area contributed by atoms with Crippen LogP contribution < -0.4 is 9.30 Å². The van der Waals surface area contributed by atoms with Gasteiger partial charge in [-0.05, 0) is 103 Å². The van der Waals surface area contributed by atoms with Gasteiger partial charge in [-0.25, -0.2) is 4.98 Å². The molecule has 1 aliphatic rings. The minimum absolute atomic E-state index is 0. The van der Waals surface area contributed by atoms with E-state index in [-0.39, 0.29) is 26.5 Å². The molecule has 0 N–H and O–H groups in total.